The molecule has 0 bridgehead atoms. The Labute approximate surface area is 137 Å². The summed E-state index contributed by atoms with van der Waals surface area (Å²) in [5.74, 6) is 0.828. The van der Waals surface area contributed by atoms with E-state index in [4.69, 9.17) is 25.6 Å². The van der Waals surface area contributed by atoms with E-state index in [1.807, 2.05) is 33.8 Å². The molecule has 0 saturated carbocycles. The first-order valence-electron chi connectivity index (χ1n) is 7.65. The summed E-state index contributed by atoms with van der Waals surface area (Å²) < 4.78 is 17.7. The number of anilines is 1. The quantitative estimate of drug-likeness (QED) is 0.614. The average Bonchev–Trinajstić information content (AvgIpc) is 2.68. The molecule has 3 heterocycles. The summed E-state index contributed by atoms with van der Waals surface area (Å²) in [5, 5.41) is 0.474. The number of hydrogen-bond acceptors (Lipinski definition) is 5. The first-order chi connectivity index (χ1) is 10.3. The van der Waals surface area contributed by atoms with E-state index in [0.717, 1.165) is 24.4 Å². The van der Waals surface area contributed by atoms with Gasteiger partial charge in [0.2, 0.25) is 0 Å². The molecule has 0 aromatic carbocycles. The molecule has 0 atom stereocenters. The molecule has 0 amide bonds. The van der Waals surface area contributed by atoms with Gasteiger partial charge in [0.15, 0.2) is 0 Å². The molecule has 7 heteroatoms. The van der Waals surface area contributed by atoms with E-state index in [2.05, 4.69) is 9.88 Å². The highest BCUT2D eigenvalue weighted by molar-refractivity contribution is 6.63. The molecule has 0 spiro atoms. The monoisotopic (exact) mass is 324 g/mol. The number of pyridine rings is 1. The summed E-state index contributed by atoms with van der Waals surface area (Å²) in [6, 6.07) is 3.73. The summed E-state index contributed by atoms with van der Waals surface area (Å²) >= 11 is 6.10. The molecule has 120 valence electrons. The smallest absolute Gasteiger partial charge is 0.399 e. The van der Waals surface area contributed by atoms with Crippen LogP contribution in [0.1, 0.15) is 27.7 Å². The van der Waals surface area contributed by atoms with Gasteiger partial charge in [-0.25, -0.2) is 4.98 Å². The molecule has 1 aromatic heterocycles. The minimum absolute atomic E-state index is 0.375. The van der Waals surface area contributed by atoms with Gasteiger partial charge in [-0.2, -0.15) is 0 Å². The third kappa shape index (κ3) is 2.85. The third-order valence-corrected chi connectivity index (χ3v) is 4.90. The molecule has 2 aliphatic rings. The molecular weight excluding hydrogens is 302 g/mol. The van der Waals surface area contributed by atoms with E-state index in [-0.39, 0.29) is 11.2 Å². The molecule has 0 unspecified atom stereocenters. The van der Waals surface area contributed by atoms with Crippen LogP contribution in [0.2, 0.25) is 5.15 Å². The van der Waals surface area contributed by atoms with Crippen LogP contribution in [0, 0.1) is 0 Å². The molecule has 2 saturated heterocycles. The van der Waals surface area contributed by atoms with Crippen LogP contribution < -0.4 is 10.4 Å². The van der Waals surface area contributed by atoms with E-state index in [1.165, 1.54) is 0 Å². The van der Waals surface area contributed by atoms with E-state index < -0.39 is 7.12 Å². The maximum atomic E-state index is 6.16. The topological polar surface area (TPSA) is 43.8 Å². The minimum Gasteiger partial charge on any atom is -0.399 e. The molecule has 5 nitrogen and oxygen atoms in total. The fourth-order valence-corrected chi connectivity index (χ4v) is 2.76. The minimum atomic E-state index is -0.437. The van der Waals surface area contributed by atoms with Crippen molar-refractivity contribution in [3.05, 3.63) is 17.3 Å². The highest BCUT2D eigenvalue weighted by Crippen LogP contribution is 2.37. The molecule has 0 aliphatic carbocycles. The van der Waals surface area contributed by atoms with Crippen LogP contribution >= 0.6 is 11.6 Å². The van der Waals surface area contributed by atoms with Crippen molar-refractivity contribution in [2.75, 3.05) is 31.2 Å². The number of aromatic nitrogens is 1. The summed E-state index contributed by atoms with van der Waals surface area (Å²) in [4.78, 5) is 6.69. The first kappa shape index (κ1) is 16.1. The molecular formula is C15H22BClN2O3. The number of ether oxygens (including phenoxy) is 1. The highest BCUT2D eigenvalue weighted by Gasteiger charge is 2.52. The van der Waals surface area contributed by atoms with E-state index in [9.17, 15) is 0 Å². The maximum absolute atomic E-state index is 6.16. The van der Waals surface area contributed by atoms with Gasteiger partial charge < -0.3 is 18.9 Å². The Kier molecular flexibility index (Phi) is 4.14. The largest absolute Gasteiger partial charge is 0.498 e. The van der Waals surface area contributed by atoms with Crippen LogP contribution in [0.5, 0.6) is 0 Å². The lowest BCUT2D eigenvalue weighted by Crippen LogP contribution is -2.44. The standard InChI is InChI=1S/C15H22BClN2O3/c1-14(2)15(3,4)22-16(21-14)11-5-6-12(17)18-13(11)19-7-9-20-10-8-19/h5-6H,7-10H2,1-4H3. The average molecular weight is 325 g/mol. The van der Waals surface area contributed by atoms with Gasteiger partial charge >= 0.3 is 7.12 Å². The molecule has 1 aromatic rings. The highest BCUT2D eigenvalue weighted by atomic mass is 35.5. The van der Waals surface area contributed by atoms with Crippen molar-refractivity contribution >= 4 is 30.0 Å². The van der Waals surface area contributed by atoms with Gasteiger partial charge in [0, 0.05) is 18.6 Å². The first-order valence-corrected chi connectivity index (χ1v) is 8.03. The van der Waals surface area contributed by atoms with Crippen LogP contribution in [0.3, 0.4) is 0 Å². The third-order valence-electron chi connectivity index (χ3n) is 4.69. The van der Waals surface area contributed by atoms with Gasteiger partial charge in [-0.1, -0.05) is 17.7 Å². The van der Waals surface area contributed by atoms with Crippen molar-refractivity contribution in [1.29, 1.82) is 0 Å². The number of rotatable bonds is 2. The van der Waals surface area contributed by atoms with Crippen molar-refractivity contribution in [2.24, 2.45) is 0 Å². The number of morpholine rings is 1. The van der Waals surface area contributed by atoms with Crippen LogP contribution in [0.15, 0.2) is 12.1 Å². The van der Waals surface area contributed by atoms with Crippen LogP contribution in [-0.4, -0.2) is 49.6 Å². The van der Waals surface area contributed by atoms with Gasteiger partial charge in [-0.05, 0) is 33.8 Å². The maximum Gasteiger partial charge on any atom is 0.498 e. The fourth-order valence-electron chi connectivity index (χ4n) is 2.62. The summed E-state index contributed by atoms with van der Waals surface area (Å²) in [6.45, 7) is 11.2. The zero-order chi connectivity index (χ0) is 16.0. The van der Waals surface area contributed by atoms with E-state index in [1.54, 1.807) is 6.07 Å². The van der Waals surface area contributed by atoms with Gasteiger partial charge in [0.1, 0.15) is 11.0 Å². The normalized spacial score (nSPS) is 23.9. The van der Waals surface area contributed by atoms with Crippen LogP contribution in [0.4, 0.5) is 5.82 Å². The lowest BCUT2D eigenvalue weighted by atomic mass is 9.79. The van der Waals surface area contributed by atoms with Crippen molar-refractivity contribution in [3.8, 4) is 0 Å². The lowest BCUT2D eigenvalue weighted by Gasteiger charge is -2.32. The predicted molar refractivity (Wildman–Crippen MR) is 88.0 cm³/mol. The molecule has 22 heavy (non-hydrogen) atoms. The van der Waals surface area contributed by atoms with E-state index >= 15 is 0 Å². The van der Waals surface area contributed by atoms with Crippen molar-refractivity contribution < 1.29 is 14.0 Å². The number of hydrogen-bond donors (Lipinski definition) is 0. The second-order valence-corrected chi connectivity index (χ2v) is 7.12. The lowest BCUT2D eigenvalue weighted by molar-refractivity contribution is 0.00578. The van der Waals surface area contributed by atoms with E-state index in [0.29, 0.717) is 18.4 Å². The van der Waals surface area contributed by atoms with Gasteiger partial charge in [-0.3, -0.25) is 0 Å². The van der Waals surface area contributed by atoms with Gasteiger partial charge in [0.05, 0.1) is 24.4 Å². The van der Waals surface area contributed by atoms with Crippen molar-refractivity contribution in [1.82, 2.24) is 4.98 Å². The fraction of sp³-hybridized carbons (Fsp3) is 0.667. The second kappa shape index (κ2) is 5.67. The number of nitrogens with zero attached hydrogens (tertiary/aromatic N) is 2. The van der Waals surface area contributed by atoms with Crippen molar-refractivity contribution in [3.63, 3.8) is 0 Å². The van der Waals surface area contributed by atoms with Crippen molar-refractivity contribution in [2.45, 2.75) is 38.9 Å². The second-order valence-electron chi connectivity index (χ2n) is 6.73. The Morgan fingerprint density at radius 2 is 1.68 bits per heavy atom. The predicted octanol–water partition coefficient (Wildman–Crippen LogP) is 1.87. The molecule has 3 rings (SSSR count). The Morgan fingerprint density at radius 3 is 2.27 bits per heavy atom. The SMILES string of the molecule is CC1(C)OB(c2ccc(Cl)nc2N2CCOCC2)OC1(C)C. The molecule has 2 fully saturated rings. The van der Waals surface area contributed by atoms with Crippen LogP contribution in [-0.2, 0) is 14.0 Å². The molecule has 0 radical (unpaired) electrons. The Hall–Kier alpha value is -0.815. The number of halogens is 1. The Morgan fingerprint density at radius 1 is 1.09 bits per heavy atom. The molecule has 0 N–H and O–H groups in total. The molecule has 2 aliphatic heterocycles. The Bertz CT molecular complexity index is 546. The van der Waals surface area contributed by atoms with Gasteiger partial charge in [0.25, 0.3) is 0 Å². The summed E-state index contributed by atoms with van der Waals surface area (Å²) in [6.07, 6.45) is 0. The summed E-state index contributed by atoms with van der Waals surface area (Å²) in [7, 11) is -0.437. The Balaban J connectivity index is 1.94. The van der Waals surface area contributed by atoms with Crippen LogP contribution in [0.25, 0.3) is 0 Å². The summed E-state index contributed by atoms with van der Waals surface area (Å²) in [5.41, 5.74) is 0.170. The van der Waals surface area contributed by atoms with Gasteiger partial charge in [-0.15, -0.1) is 0 Å². The zero-order valence-corrected chi connectivity index (χ0v) is 14.3. The zero-order valence-electron chi connectivity index (χ0n) is 13.6.